The highest BCUT2D eigenvalue weighted by Crippen LogP contribution is 2.28. The maximum atomic E-state index is 12.0. The molecule has 94 valence electrons. The normalized spacial score (nSPS) is 10.6. The first-order valence-electron chi connectivity index (χ1n) is 5.41. The third-order valence-corrected chi connectivity index (χ3v) is 3.51. The summed E-state index contributed by atoms with van der Waals surface area (Å²) in [5.74, 6) is -0.792. The maximum absolute atomic E-state index is 12.0. The number of aromatic nitrogens is 1. The van der Waals surface area contributed by atoms with E-state index < -0.39 is 5.97 Å². The number of nitrogens with one attached hydrogen (secondary N) is 1. The average Bonchev–Trinajstić information content (AvgIpc) is 2.69. The minimum Gasteiger partial charge on any atom is -0.469 e. The van der Waals surface area contributed by atoms with Crippen LogP contribution in [0.1, 0.15) is 22.5 Å². The predicted molar refractivity (Wildman–Crippen MR) is 71.7 cm³/mol. The largest absolute Gasteiger partial charge is 0.469 e. The molecule has 1 heterocycles. The number of hydrogen-bond donors (Lipinski definition) is 1. The van der Waals surface area contributed by atoms with Gasteiger partial charge in [-0.2, -0.15) is 0 Å². The Hall–Kier alpha value is -1.62. The third kappa shape index (κ3) is 2.18. The van der Waals surface area contributed by atoms with Crippen molar-refractivity contribution in [2.75, 3.05) is 7.11 Å². The van der Waals surface area contributed by atoms with Gasteiger partial charge in [0.2, 0.25) is 0 Å². The van der Waals surface area contributed by atoms with Gasteiger partial charge in [-0.05, 0) is 34.5 Å². The van der Waals surface area contributed by atoms with Gasteiger partial charge in [0.1, 0.15) is 6.42 Å². The van der Waals surface area contributed by atoms with Gasteiger partial charge in [0, 0.05) is 9.86 Å². The first kappa shape index (κ1) is 12.8. The van der Waals surface area contributed by atoms with Crippen molar-refractivity contribution in [1.29, 1.82) is 0 Å². The van der Waals surface area contributed by atoms with Crippen molar-refractivity contribution >= 4 is 38.6 Å². The number of fused-ring (bicyclic) bond motifs is 1. The van der Waals surface area contributed by atoms with Crippen LogP contribution in [0.4, 0.5) is 0 Å². The van der Waals surface area contributed by atoms with Crippen LogP contribution in [0.25, 0.3) is 10.9 Å². The summed E-state index contributed by atoms with van der Waals surface area (Å²) in [5.41, 5.74) is 2.17. The first-order valence-corrected chi connectivity index (χ1v) is 6.20. The summed E-state index contributed by atoms with van der Waals surface area (Å²) in [5, 5.41) is 0.970. The predicted octanol–water partition coefficient (Wildman–Crippen LogP) is 2.98. The molecule has 2 rings (SSSR count). The molecule has 4 nitrogen and oxygen atoms in total. The summed E-state index contributed by atoms with van der Waals surface area (Å²) in [6, 6.07) is 5.73. The monoisotopic (exact) mass is 309 g/mol. The van der Waals surface area contributed by atoms with Gasteiger partial charge < -0.3 is 9.72 Å². The van der Waals surface area contributed by atoms with Crippen molar-refractivity contribution in [3.8, 4) is 0 Å². The van der Waals surface area contributed by atoms with Gasteiger partial charge in [-0.15, -0.1) is 0 Å². The second kappa shape index (κ2) is 4.94. The lowest BCUT2D eigenvalue weighted by Crippen LogP contribution is -2.10. The lowest BCUT2D eigenvalue weighted by atomic mass is 10.1. The molecule has 0 unspecified atom stereocenters. The number of aromatic amines is 1. The van der Waals surface area contributed by atoms with Crippen molar-refractivity contribution in [3.05, 3.63) is 33.9 Å². The zero-order chi connectivity index (χ0) is 13.3. The van der Waals surface area contributed by atoms with Gasteiger partial charge in [-0.25, -0.2) is 0 Å². The lowest BCUT2D eigenvalue weighted by molar-refractivity contribution is -0.139. The molecule has 0 bridgehead atoms. The number of ether oxygens (including phenoxy) is 1. The highest BCUT2D eigenvalue weighted by molar-refractivity contribution is 9.10. The van der Waals surface area contributed by atoms with Crippen LogP contribution in [0.15, 0.2) is 22.7 Å². The molecular weight excluding hydrogens is 298 g/mol. The van der Waals surface area contributed by atoms with E-state index in [1.54, 1.807) is 0 Å². The Morgan fingerprint density at radius 1 is 1.39 bits per heavy atom. The van der Waals surface area contributed by atoms with E-state index in [1.165, 1.54) is 7.11 Å². The Labute approximate surface area is 112 Å². The number of halogens is 1. The Kier molecular flexibility index (Phi) is 3.52. The summed E-state index contributed by atoms with van der Waals surface area (Å²) >= 11 is 3.42. The number of H-pyrrole nitrogens is 1. The molecule has 0 amide bonds. The minimum atomic E-state index is -0.530. The fourth-order valence-electron chi connectivity index (χ4n) is 1.89. The molecule has 0 atom stereocenters. The molecule has 18 heavy (non-hydrogen) atoms. The highest BCUT2D eigenvalue weighted by Gasteiger charge is 2.18. The molecule has 0 aliphatic rings. The topological polar surface area (TPSA) is 59.2 Å². The van der Waals surface area contributed by atoms with E-state index in [9.17, 15) is 9.59 Å². The summed E-state index contributed by atoms with van der Waals surface area (Å²) < 4.78 is 5.39. The lowest BCUT2D eigenvalue weighted by Gasteiger charge is -1.98. The molecule has 0 aliphatic heterocycles. The summed E-state index contributed by atoms with van der Waals surface area (Å²) in [4.78, 5) is 26.1. The molecule has 0 saturated heterocycles. The van der Waals surface area contributed by atoms with Crippen molar-refractivity contribution in [1.82, 2.24) is 4.98 Å². The van der Waals surface area contributed by atoms with Gasteiger partial charge in [0.25, 0.3) is 0 Å². The van der Waals surface area contributed by atoms with E-state index in [0.29, 0.717) is 5.69 Å². The molecule has 0 fully saturated rings. The van der Waals surface area contributed by atoms with Gasteiger partial charge in [0.05, 0.1) is 18.3 Å². The molecule has 1 aromatic heterocycles. The van der Waals surface area contributed by atoms with Crippen LogP contribution in [0.2, 0.25) is 0 Å². The van der Waals surface area contributed by atoms with Crippen LogP contribution in [0, 0.1) is 6.92 Å². The second-order valence-electron chi connectivity index (χ2n) is 3.96. The van der Waals surface area contributed by atoms with E-state index in [0.717, 1.165) is 20.9 Å². The van der Waals surface area contributed by atoms with Crippen molar-refractivity contribution in [2.24, 2.45) is 0 Å². The molecule has 5 heteroatoms. The number of rotatable bonds is 3. The SMILES string of the molecule is COC(=O)CC(=O)c1[nH]c2c(Br)cccc2c1C. The van der Waals surface area contributed by atoms with Gasteiger partial charge in [-0.3, -0.25) is 9.59 Å². The fourth-order valence-corrected chi connectivity index (χ4v) is 2.35. The van der Waals surface area contributed by atoms with Crippen LogP contribution in [-0.4, -0.2) is 23.8 Å². The Morgan fingerprint density at radius 3 is 2.72 bits per heavy atom. The Balaban J connectivity index is 2.46. The minimum absolute atomic E-state index is 0.248. The Bertz CT molecular complexity index is 630. The van der Waals surface area contributed by atoms with Gasteiger partial charge in [-0.1, -0.05) is 12.1 Å². The molecule has 2 aromatic rings. The number of methoxy groups -OCH3 is 1. The van der Waals surface area contributed by atoms with E-state index in [1.807, 2.05) is 25.1 Å². The second-order valence-corrected chi connectivity index (χ2v) is 4.82. The fraction of sp³-hybridized carbons (Fsp3) is 0.231. The van der Waals surface area contributed by atoms with Crippen LogP contribution in [0.3, 0.4) is 0 Å². The first-order chi connectivity index (χ1) is 8.54. The molecule has 0 saturated carbocycles. The van der Waals surface area contributed by atoms with E-state index in [-0.39, 0.29) is 12.2 Å². The maximum Gasteiger partial charge on any atom is 0.313 e. The van der Waals surface area contributed by atoms with Crippen LogP contribution in [0.5, 0.6) is 0 Å². The number of carbonyl (C=O) groups excluding carboxylic acids is 2. The quantitative estimate of drug-likeness (QED) is 0.538. The zero-order valence-electron chi connectivity index (χ0n) is 10.0. The smallest absolute Gasteiger partial charge is 0.313 e. The van der Waals surface area contributed by atoms with Crippen LogP contribution in [-0.2, 0) is 9.53 Å². The summed E-state index contributed by atoms with van der Waals surface area (Å²) in [6.45, 7) is 1.86. The van der Waals surface area contributed by atoms with Crippen LogP contribution < -0.4 is 0 Å². The van der Waals surface area contributed by atoms with E-state index in [4.69, 9.17) is 0 Å². The third-order valence-electron chi connectivity index (χ3n) is 2.85. The van der Waals surface area contributed by atoms with Crippen LogP contribution >= 0.6 is 15.9 Å². The Morgan fingerprint density at radius 2 is 2.11 bits per heavy atom. The summed E-state index contributed by atoms with van der Waals surface area (Å²) in [7, 11) is 1.27. The summed E-state index contributed by atoms with van der Waals surface area (Å²) in [6.07, 6.45) is -0.248. The zero-order valence-corrected chi connectivity index (χ0v) is 11.6. The number of hydrogen-bond acceptors (Lipinski definition) is 3. The van der Waals surface area contributed by atoms with Gasteiger partial charge >= 0.3 is 5.97 Å². The molecule has 1 N–H and O–H groups in total. The molecule has 0 spiro atoms. The van der Waals surface area contributed by atoms with Crippen molar-refractivity contribution in [2.45, 2.75) is 13.3 Å². The number of carbonyl (C=O) groups is 2. The molecule has 0 aliphatic carbocycles. The number of esters is 1. The van der Waals surface area contributed by atoms with Crippen molar-refractivity contribution < 1.29 is 14.3 Å². The van der Waals surface area contributed by atoms with E-state index in [2.05, 4.69) is 25.7 Å². The number of para-hydroxylation sites is 1. The molecule has 1 aromatic carbocycles. The number of Topliss-reactive ketones (excluding diaryl/α,β-unsaturated/α-hetero) is 1. The molecular formula is C13H12BrNO3. The highest BCUT2D eigenvalue weighted by atomic mass is 79.9. The van der Waals surface area contributed by atoms with Crippen molar-refractivity contribution in [3.63, 3.8) is 0 Å². The van der Waals surface area contributed by atoms with Gasteiger partial charge in [0.15, 0.2) is 5.78 Å². The molecule has 0 radical (unpaired) electrons. The number of ketones is 1. The standard InChI is InChI=1S/C13H12BrNO3/c1-7-8-4-3-5-9(14)13(8)15-12(7)10(16)6-11(17)18-2/h3-5,15H,6H2,1-2H3. The number of benzene rings is 1. The number of aryl methyl sites for hydroxylation is 1. The van der Waals surface area contributed by atoms with E-state index >= 15 is 0 Å². The average molecular weight is 310 g/mol.